The van der Waals surface area contributed by atoms with Crippen molar-refractivity contribution in [2.75, 3.05) is 43.1 Å². The number of morpholine rings is 1. The van der Waals surface area contributed by atoms with Crippen molar-refractivity contribution in [3.63, 3.8) is 0 Å². The van der Waals surface area contributed by atoms with Gasteiger partial charge in [0.25, 0.3) is 18.8 Å². The van der Waals surface area contributed by atoms with Gasteiger partial charge in [-0.3, -0.25) is 14.5 Å². The highest BCUT2D eigenvalue weighted by atomic mass is 19.3. The topological polar surface area (TPSA) is 87.9 Å². The summed E-state index contributed by atoms with van der Waals surface area (Å²) in [4.78, 5) is 27.4. The molecule has 7 nitrogen and oxygen atoms in total. The largest absolute Gasteiger partial charge is 0.370 e. The minimum absolute atomic E-state index is 0.0467. The van der Waals surface area contributed by atoms with E-state index in [9.17, 15) is 27.2 Å². The number of anilines is 2. The Morgan fingerprint density at radius 1 is 1.29 bits per heavy atom. The van der Waals surface area contributed by atoms with E-state index in [1.165, 1.54) is 21.9 Å². The van der Waals surface area contributed by atoms with Crippen molar-refractivity contribution in [1.29, 1.82) is 0 Å². The minimum Gasteiger partial charge on any atom is -0.370 e. The maximum absolute atomic E-state index is 13.7. The molecule has 0 spiro atoms. The van der Waals surface area contributed by atoms with E-state index in [1.807, 2.05) is 0 Å². The van der Waals surface area contributed by atoms with Crippen LogP contribution >= 0.6 is 0 Å². The number of nitrogens with zero attached hydrogens (tertiary/aromatic N) is 2. The number of carbonyl (C=O) groups is 2. The van der Waals surface area contributed by atoms with Gasteiger partial charge in [-0.2, -0.15) is 0 Å². The van der Waals surface area contributed by atoms with E-state index in [0.717, 1.165) is 12.5 Å². The summed E-state index contributed by atoms with van der Waals surface area (Å²) in [6, 6.07) is 2.67. The first-order valence-corrected chi connectivity index (χ1v) is 10.2. The fourth-order valence-corrected chi connectivity index (χ4v) is 3.85. The molecular formula is C20H26F4N4O3. The van der Waals surface area contributed by atoms with Crippen molar-refractivity contribution in [3.8, 4) is 0 Å². The van der Waals surface area contributed by atoms with Gasteiger partial charge in [-0.25, -0.2) is 17.6 Å². The molecule has 1 saturated carbocycles. The smallest absolute Gasteiger partial charge is 0.265 e. The van der Waals surface area contributed by atoms with Crippen molar-refractivity contribution < 1.29 is 31.9 Å². The summed E-state index contributed by atoms with van der Waals surface area (Å²) in [7, 11) is 0. The number of nitrogens with two attached hydrogens (primary N) is 1. The maximum atomic E-state index is 13.7. The Labute approximate surface area is 177 Å². The molecule has 0 aromatic heterocycles. The van der Waals surface area contributed by atoms with E-state index in [-0.39, 0.29) is 43.7 Å². The predicted octanol–water partition coefficient (Wildman–Crippen LogP) is 2.37. The second kappa shape index (κ2) is 10.4. The van der Waals surface area contributed by atoms with E-state index >= 15 is 0 Å². The average molecular weight is 446 g/mol. The van der Waals surface area contributed by atoms with Crippen LogP contribution < -0.4 is 16.0 Å². The van der Waals surface area contributed by atoms with E-state index < -0.39 is 42.8 Å². The quantitative estimate of drug-likeness (QED) is 0.569. The third-order valence-corrected chi connectivity index (χ3v) is 5.63. The van der Waals surface area contributed by atoms with Crippen molar-refractivity contribution >= 4 is 23.2 Å². The molecule has 1 aromatic rings. The third-order valence-electron chi connectivity index (χ3n) is 5.63. The molecule has 1 saturated heterocycles. The molecule has 3 N–H and O–H groups in total. The molecule has 1 atom stereocenters. The van der Waals surface area contributed by atoms with Gasteiger partial charge in [-0.1, -0.05) is 6.42 Å². The summed E-state index contributed by atoms with van der Waals surface area (Å²) >= 11 is 0. The van der Waals surface area contributed by atoms with Gasteiger partial charge in [0.1, 0.15) is 12.6 Å². The van der Waals surface area contributed by atoms with Crippen LogP contribution in [0.2, 0.25) is 0 Å². The summed E-state index contributed by atoms with van der Waals surface area (Å²) in [6.07, 6.45) is -3.22. The van der Waals surface area contributed by atoms with Crippen molar-refractivity contribution in [1.82, 2.24) is 4.90 Å². The molecule has 2 aliphatic rings. The van der Waals surface area contributed by atoms with Crippen molar-refractivity contribution in [2.24, 2.45) is 5.73 Å². The van der Waals surface area contributed by atoms with Gasteiger partial charge in [0.2, 0.25) is 5.91 Å². The van der Waals surface area contributed by atoms with Crippen LogP contribution in [0, 0.1) is 0 Å². The molecule has 0 bridgehead atoms. The van der Waals surface area contributed by atoms with Crippen LogP contribution in [0.5, 0.6) is 0 Å². The number of hydrogen-bond acceptors (Lipinski definition) is 5. The molecule has 0 unspecified atom stereocenters. The zero-order chi connectivity index (χ0) is 22.5. The summed E-state index contributed by atoms with van der Waals surface area (Å²) in [5.74, 6) is -1.07. The number of rotatable bonds is 9. The molecule has 3 rings (SSSR count). The lowest BCUT2D eigenvalue weighted by Crippen LogP contribution is -2.56. The molecule has 1 aliphatic carbocycles. The zero-order valence-corrected chi connectivity index (χ0v) is 16.9. The standard InChI is InChI=1S/C20H26F4N4O3/c21-17(22)10-28(13-2-1-3-13)16(9-25)20(30)26-12-4-5-15(14(8-12)19(23)24)27-6-7-31-11-18(27)29/h4-5,8,13,16-17,19H,1-3,6-7,9-11,25H2,(H,26,30)/t16-/m0/s1. The number of nitrogens with one attached hydrogen (secondary N) is 1. The number of alkyl halides is 4. The van der Waals surface area contributed by atoms with Gasteiger partial charge in [0.05, 0.1) is 18.8 Å². The molecule has 11 heteroatoms. The van der Waals surface area contributed by atoms with Crippen LogP contribution in [0.3, 0.4) is 0 Å². The lowest BCUT2D eigenvalue weighted by molar-refractivity contribution is -0.126. The summed E-state index contributed by atoms with van der Waals surface area (Å²) < 4.78 is 58.5. The molecular weight excluding hydrogens is 420 g/mol. The van der Waals surface area contributed by atoms with Gasteiger partial charge in [-0.05, 0) is 31.0 Å². The molecule has 0 radical (unpaired) electrons. The fourth-order valence-electron chi connectivity index (χ4n) is 3.85. The van der Waals surface area contributed by atoms with E-state index in [1.54, 1.807) is 0 Å². The lowest BCUT2D eigenvalue weighted by atomic mass is 9.90. The maximum Gasteiger partial charge on any atom is 0.265 e. The predicted molar refractivity (Wildman–Crippen MR) is 106 cm³/mol. The van der Waals surface area contributed by atoms with Crippen LogP contribution in [0.15, 0.2) is 18.2 Å². The second-order valence-corrected chi connectivity index (χ2v) is 7.59. The van der Waals surface area contributed by atoms with Gasteiger partial charge in [0.15, 0.2) is 0 Å². The fraction of sp³-hybridized carbons (Fsp3) is 0.600. The first-order valence-electron chi connectivity index (χ1n) is 10.2. The summed E-state index contributed by atoms with van der Waals surface area (Å²) in [6.45, 7) is -0.590. The molecule has 31 heavy (non-hydrogen) atoms. The van der Waals surface area contributed by atoms with E-state index in [2.05, 4.69) is 5.32 Å². The summed E-state index contributed by atoms with van der Waals surface area (Å²) in [5, 5.41) is 2.52. The second-order valence-electron chi connectivity index (χ2n) is 7.59. The highest BCUT2D eigenvalue weighted by Crippen LogP contribution is 2.33. The van der Waals surface area contributed by atoms with Crippen LogP contribution in [-0.2, 0) is 14.3 Å². The Bertz CT molecular complexity index is 792. The van der Waals surface area contributed by atoms with Gasteiger partial charge in [-0.15, -0.1) is 0 Å². The number of halogens is 4. The third kappa shape index (κ3) is 5.52. The van der Waals surface area contributed by atoms with Gasteiger partial charge in [0, 0.05) is 30.4 Å². The number of hydrogen-bond donors (Lipinski definition) is 2. The van der Waals surface area contributed by atoms with Crippen LogP contribution in [0.25, 0.3) is 0 Å². The Hall–Kier alpha value is -2.24. The van der Waals surface area contributed by atoms with Crippen LogP contribution in [0.1, 0.15) is 31.3 Å². The number of ether oxygens (including phenoxy) is 1. The zero-order valence-electron chi connectivity index (χ0n) is 16.9. The van der Waals surface area contributed by atoms with Crippen molar-refractivity contribution in [3.05, 3.63) is 23.8 Å². The molecule has 172 valence electrons. The van der Waals surface area contributed by atoms with E-state index in [4.69, 9.17) is 10.5 Å². The SMILES string of the molecule is NC[C@@H](C(=O)Nc1ccc(N2CCOCC2=O)c(C(F)F)c1)N(CC(F)F)C1CCC1. The Balaban J connectivity index is 1.79. The van der Waals surface area contributed by atoms with Gasteiger partial charge < -0.3 is 20.7 Å². The minimum atomic E-state index is -2.89. The first kappa shape index (κ1) is 23.4. The summed E-state index contributed by atoms with van der Waals surface area (Å²) in [5.41, 5.74) is 5.42. The van der Waals surface area contributed by atoms with Crippen molar-refractivity contribution in [2.45, 2.75) is 44.2 Å². The number of carbonyl (C=O) groups excluding carboxylic acids is 2. The Morgan fingerprint density at radius 3 is 2.58 bits per heavy atom. The molecule has 1 heterocycles. The monoisotopic (exact) mass is 446 g/mol. The average Bonchev–Trinajstić information content (AvgIpc) is 2.67. The highest BCUT2D eigenvalue weighted by Gasteiger charge is 2.35. The highest BCUT2D eigenvalue weighted by molar-refractivity contribution is 5.98. The Kier molecular flexibility index (Phi) is 7.84. The molecule has 1 aromatic carbocycles. The number of amides is 2. The van der Waals surface area contributed by atoms with E-state index in [0.29, 0.717) is 12.8 Å². The normalized spacial score (nSPS) is 18.6. The molecule has 1 aliphatic heterocycles. The Morgan fingerprint density at radius 2 is 2.03 bits per heavy atom. The van der Waals surface area contributed by atoms with Gasteiger partial charge >= 0.3 is 0 Å². The molecule has 2 fully saturated rings. The van der Waals surface area contributed by atoms with Crippen LogP contribution in [0.4, 0.5) is 28.9 Å². The first-order chi connectivity index (χ1) is 14.8. The molecule has 2 amide bonds. The number of benzene rings is 1. The van der Waals surface area contributed by atoms with Crippen LogP contribution in [-0.4, -0.2) is 68.1 Å². The lowest BCUT2D eigenvalue weighted by Gasteiger charge is -2.41.